The average molecular weight is 399 g/mol. The number of aliphatic hydroxyl groups is 1. The third kappa shape index (κ3) is 4.65. The van der Waals surface area contributed by atoms with Crippen LogP contribution in [0.5, 0.6) is 5.75 Å². The van der Waals surface area contributed by atoms with E-state index in [9.17, 15) is 20.0 Å². The highest BCUT2D eigenvalue weighted by Crippen LogP contribution is 2.31. The first-order valence-corrected chi connectivity index (χ1v) is 9.61. The molecule has 0 spiro atoms. The minimum absolute atomic E-state index is 0.160. The summed E-state index contributed by atoms with van der Waals surface area (Å²) in [5, 5.41) is 20.9. The van der Waals surface area contributed by atoms with Crippen LogP contribution in [0.1, 0.15) is 37.0 Å². The molecule has 1 amide bonds. The fourth-order valence-corrected chi connectivity index (χ4v) is 3.75. The third-order valence-corrected chi connectivity index (χ3v) is 5.16. The molecule has 2 aromatic carbocycles. The molecule has 1 aliphatic rings. The SMILES string of the molecule is CC(O)c1cc(OCCC(C(N)=O)N2CCCc3ccccc32)ccc1[N+](=O)[O-]. The van der Waals surface area contributed by atoms with Crippen LogP contribution in [0.3, 0.4) is 0 Å². The molecule has 154 valence electrons. The molecule has 0 aromatic heterocycles. The Labute approximate surface area is 169 Å². The lowest BCUT2D eigenvalue weighted by atomic mass is 9.99. The van der Waals surface area contributed by atoms with Crippen molar-refractivity contribution in [1.82, 2.24) is 0 Å². The summed E-state index contributed by atoms with van der Waals surface area (Å²) in [7, 11) is 0. The molecular weight excluding hydrogens is 374 g/mol. The summed E-state index contributed by atoms with van der Waals surface area (Å²) in [6.45, 7) is 2.42. The molecule has 8 heteroatoms. The van der Waals surface area contributed by atoms with E-state index in [0.717, 1.165) is 25.1 Å². The predicted molar refractivity (Wildman–Crippen MR) is 109 cm³/mol. The summed E-state index contributed by atoms with van der Waals surface area (Å²) in [5.41, 5.74) is 7.92. The van der Waals surface area contributed by atoms with Gasteiger partial charge in [0, 0.05) is 24.7 Å². The van der Waals surface area contributed by atoms with Gasteiger partial charge >= 0.3 is 0 Å². The Balaban J connectivity index is 1.71. The maximum atomic E-state index is 12.1. The molecule has 8 nitrogen and oxygen atoms in total. The van der Waals surface area contributed by atoms with E-state index in [1.165, 1.54) is 30.7 Å². The van der Waals surface area contributed by atoms with Crippen LogP contribution >= 0.6 is 0 Å². The van der Waals surface area contributed by atoms with Crippen molar-refractivity contribution in [1.29, 1.82) is 0 Å². The number of nitro groups is 1. The third-order valence-electron chi connectivity index (χ3n) is 5.16. The van der Waals surface area contributed by atoms with Crippen LogP contribution < -0.4 is 15.4 Å². The van der Waals surface area contributed by atoms with E-state index in [1.807, 2.05) is 23.1 Å². The number of para-hydroxylation sites is 1. The highest BCUT2D eigenvalue weighted by molar-refractivity contribution is 5.84. The molecule has 3 rings (SSSR count). The molecule has 0 fully saturated rings. The fourth-order valence-electron chi connectivity index (χ4n) is 3.75. The van der Waals surface area contributed by atoms with Crippen LogP contribution in [-0.2, 0) is 11.2 Å². The van der Waals surface area contributed by atoms with Gasteiger partial charge < -0.3 is 20.5 Å². The van der Waals surface area contributed by atoms with Crippen LogP contribution in [0, 0.1) is 10.1 Å². The summed E-state index contributed by atoms with van der Waals surface area (Å²) in [6, 6.07) is 11.7. The van der Waals surface area contributed by atoms with Crippen LogP contribution in [0.4, 0.5) is 11.4 Å². The van der Waals surface area contributed by atoms with Crippen LogP contribution in [0.25, 0.3) is 0 Å². The highest BCUT2D eigenvalue weighted by atomic mass is 16.6. The van der Waals surface area contributed by atoms with Gasteiger partial charge in [-0.15, -0.1) is 0 Å². The van der Waals surface area contributed by atoms with E-state index in [2.05, 4.69) is 6.07 Å². The number of carbonyl (C=O) groups is 1. The number of hydrogen-bond acceptors (Lipinski definition) is 6. The number of ether oxygens (including phenoxy) is 1. The number of benzene rings is 2. The molecular formula is C21H25N3O5. The summed E-state index contributed by atoms with van der Waals surface area (Å²) in [4.78, 5) is 24.7. The number of aliphatic hydroxyl groups excluding tert-OH is 1. The maximum absolute atomic E-state index is 12.1. The zero-order chi connectivity index (χ0) is 21.0. The first-order valence-electron chi connectivity index (χ1n) is 9.61. The molecule has 2 aromatic rings. The number of amides is 1. The van der Waals surface area contributed by atoms with Crippen molar-refractivity contribution < 1.29 is 19.6 Å². The minimum atomic E-state index is -0.998. The molecule has 2 atom stereocenters. The van der Waals surface area contributed by atoms with Gasteiger partial charge in [0.05, 0.1) is 23.2 Å². The summed E-state index contributed by atoms with van der Waals surface area (Å²) in [6.07, 6.45) is 1.30. The van der Waals surface area contributed by atoms with Gasteiger partial charge in [-0.2, -0.15) is 0 Å². The van der Waals surface area contributed by atoms with Gasteiger partial charge in [-0.25, -0.2) is 0 Å². The normalized spacial score (nSPS) is 15.3. The van der Waals surface area contributed by atoms with Gasteiger partial charge in [0.15, 0.2) is 0 Å². The smallest absolute Gasteiger partial charge is 0.275 e. The van der Waals surface area contributed by atoms with Crippen molar-refractivity contribution in [2.75, 3.05) is 18.1 Å². The largest absolute Gasteiger partial charge is 0.493 e. The Morgan fingerprint density at radius 1 is 1.34 bits per heavy atom. The molecule has 1 aliphatic heterocycles. The summed E-state index contributed by atoms with van der Waals surface area (Å²) >= 11 is 0. The molecule has 2 unspecified atom stereocenters. The molecule has 3 N–H and O–H groups in total. The maximum Gasteiger partial charge on any atom is 0.275 e. The highest BCUT2D eigenvalue weighted by Gasteiger charge is 2.28. The van der Waals surface area contributed by atoms with E-state index in [-0.39, 0.29) is 17.9 Å². The van der Waals surface area contributed by atoms with Crippen molar-refractivity contribution >= 4 is 17.3 Å². The molecule has 0 radical (unpaired) electrons. The zero-order valence-electron chi connectivity index (χ0n) is 16.3. The lowest BCUT2D eigenvalue weighted by molar-refractivity contribution is -0.386. The van der Waals surface area contributed by atoms with Gasteiger partial charge in [-0.1, -0.05) is 18.2 Å². The Morgan fingerprint density at radius 3 is 2.79 bits per heavy atom. The van der Waals surface area contributed by atoms with Gasteiger partial charge in [-0.05, 0) is 43.5 Å². The van der Waals surface area contributed by atoms with Crippen molar-refractivity contribution in [2.45, 2.75) is 38.3 Å². The topological polar surface area (TPSA) is 119 Å². The number of anilines is 1. The predicted octanol–water partition coefficient (Wildman–Crippen LogP) is 2.72. The van der Waals surface area contributed by atoms with E-state index in [4.69, 9.17) is 10.5 Å². The first kappa shape index (κ1) is 20.6. The number of nitrogens with zero attached hydrogens (tertiary/aromatic N) is 2. The van der Waals surface area contributed by atoms with Crippen molar-refractivity contribution in [3.05, 3.63) is 63.7 Å². The Kier molecular flexibility index (Phi) is 6.33. The molecule has 0 saturated carbocycles. The number of hydrogen-bond donors (Lipinski definition) is 2. The molecule has 29 heavy (non-hydrogen) atoms. The fraction of sp³-hybridized carbons (Fsp3) is 0.381. The van der Waals surface area contributed by atoms with Gasteiger partial charge in [0.1, 0.15) is 11.8 Å². The number of nitro benzene ring substituents is 1. The van der Waals surface area contributed by atoms with Crippen LogP contribution in [0.2, 0.25) is 0 Å². The van der Waals surface area contributed by atoms with Crippen molar-refractivity contribution in [2.24, 2.45) is 5.73 Å². The first-order chi connectivity index (χ1) is 13.9. The van der Waals surface area contributed by atoms with E-state index >= 15 is 0 Å². The molecule has 1 heterocycles. The van der Waals surface area contributed by atoms with Crippen molar-refractivity contribution in [3.63, 3.8) is 0 Å². The summed E-state index contributed by atoms with van der Waals surface area (Å²) < 4.78 is 5.72. The molecule has 0 aliphatic carbocycles. The van der Waals surface area contributed by atoms with E-state index in [1.54, 1.807) is 0 Å². The average Bonchev–Trinajstić information content (AvgIpc) is 2.70. The lowest BCUT2D eigenvalue weighted by Crippen LogP contribution is -2.48. The lowest BCUT2D eigenvalue weighted by Gasteiger charge is -2.36. The minimum Gasteiger partial charge on any atom is -0.493 e. The second-order valence-electron chi connectivity index (χ2n) is 7.13. The zero-order valence-corrected chi connectivity index (χ0v) is 16.3. The number of carbonyl (C=O) groups excluding carboxylic acids is 1. The Bertz CT molecular complexity index is 900. The number of fused-ring (bicyclic) bond motifs is 1. The second kappa shape index (κ2) is 8.91. The Morgan fingerprint density at radius 2 is 2.10 bits per heavy atom. The summed E-state index contributed by atoms with van der Waals surface area (Å²) in [5.74, 6) is -0.0209. The number of nitrogens with two attached hydrogens (primary N) is 1. The standard InChI is InChI=1S/C21H25N3O5/c1-14(25)17-13-16(8-9-19(17)24(27)28)29-12-10-20(21(22)26)23-11-4-6-15-5-2-3-7-18(15)23/h2-3,5,7-9,13-14,20,25H,4,6,10-12H2,1H3,(H2,22,26). The van der Waals surface area contributed by atoms with E-state index < -0.39 is 23.0 Å². The number of aryl methyl sites for hydroxylation is 1. The van der Waals surface area contributed by atoms with Gasteiger partial charge in [0.25, 0.3) is 5.69 Å². The second-order valence-corrected chi connectivity index (χ2v) is 7.13. The monoisotopic (exact) mass is 399 g/mol. The van der Waals surface area contributed by atoms with Crippen LogP contribution in [-0.4, -0.2) is 35.1 Å². The Hall–Kier alpha value is -3.13. The van der Waals surface area contributed by atoms with E-state index in [0.29, 0.717) is 12.2 Å². The van der Waals surface area contributed by atoms with Crippen molar-refractivity contribution in [3.8, 4) is 5.75 Å². The van der Waals surface area contributed by atoms with Crippen LogP contribution in [0.15, 0.2) is 42.5 Å². The number of primary amides is 1. The molecule has 0 bridgehead atoms. The molecule has 0 saturated heterocycles. The van der Waals surface area contributed by atoms with Gasteiger partial charge in [-0.3, -0.25) is 14.9 Å². The van der Waals surface area contributed by atoms with Gasteiger partial charge in [0.2, 0.25) is 5.91 Å². The number of rotatable bonds is 8. The quantitative estimate of drug-likeness (QED) is 0.520.